The van der Waals surface area contributed by atoms with Crippen molar-refractivity contribution in [3.05, 3.63) is 72.1 Å². The lowest BCUT2D eigenvalue weighted by molar-refractivity contribution is -0.113. The number of para-hydroxylation sites is 2. The largest absolute Gasteiger partial charge is 0.493 e. The van der Waals surface area contributed by atoms with E-state index in [0.717, 1.165) is 16.8 Å². The van der Waals surface area contributed by atoms with Crippen LogP contribution in [0.3, 0.4) is 0 Å². The van der Waals surface area contributed by atoms with Gasteiger partial charge in [-0.1, -0.05) is 36.0 Å². The van der Waals surface area contributed by atoms with Gasteiger partial charge in [0.05, 0.1) is 12.9 Å². The number of carbonyl (C=O) groups is 1. The summed E-state index contributed by atoms with van der Waals surface area (Å²) in [5.74, 6) is 2.03. The molecule has 3 aromatic rings. The Morgan fingerprint density at radius 1 is 1.16 bits per heavy atom. The Labute approximate surface area is 186 Å². The smallest absolute Gasteiger partial charge is 0.234 e. The molecular weight excluding hydrogens is 412 g/mol. The molecule has 0 bridgehead atoms. The van der Waals surface area contributed by atoms with Crippen LogP contribution in [0.5, 0.6) is 11.5 Å². The summed E-state index contributed by atoms with van der Waals surface area (Å²) in [6.45, 7) is 8.54. The lowest BCUT2D eigenvalue weighted by atomic mass is 10.1. The van der Waals surface area contributed by atoms with E-state index in [4.69, 9.17) is 9.47 Å². The first kappa shape index (κ1) is 22.4. The molecule has 0 fully saturated rings. The van der Waals surface area contributed by atoms with Gasteiger partial charge in [0.15, 0.2) is 22.5 Å². The van der Waals surface area contributed by atoms with Crippen molar-refractivity contribution in [1.82, 2.24) is 14.8 Å². The number of hydrogen-bond donors (Lipinski definition) is 1. The maximum atomic E-state index is 12.4. The van der Waals surface area contributed by atoms with Crippen LogP contribution in [0.2, 0.25) is 0 Å². The average Bonchev–Trinajstić information content (AvgIpc) is 3.12. The number of rotatable bonds is 10. The van der Waals surface area contributed by atoms with Crippen molar-refractivity contribution in [2.24, 2.45) is 0 Å². The molecule has 0 saturated heterocycles. The number of aromatic nitrogens is 3. The predicted molar refractivity (Wildman–Crippen MR) is 123 cm³/mol. The molecule has 0 radical (unpaired) electrons. The molecular formula is C23H26N4O3S. The summed E-state index contributed by atoms with van der Waals surface area (Å²) in [5.41, 5.74) is 3.00. The number of aryl methyl sites for hydroxylation is 2. The van der Waals surface area contributed by atoms with E-state index in [1.165, 1.54) is 11.8 Å². The number of amides is 1. The molecule has 0 spiro atoms. The molecule has 7 nitrogen and oxygen atoms in total. The number of carbonyl (C=O) groups excluding carboxylic acids is 1. The van der Waals surface area contributed by atoms with Gasteiger partial charge in [-0.25, -0.2) is 0 Å². The molecule has 1 heterocycles. The van der Waals surface area contributed by atoms with Crippen LogP contribution >= 0.6 is 11.8 Å². The fraction of sp³-hybridized carbons (Fsp3) is 0.261. The molecule has 1 aromatic heterocycles. The van der Waals surface area contributed by atoms with Crippen LogP contribution < -0.4 is 14.8 Å². The number of thioether (sulfide) groups is 1. The van der Waals surface area contributed by atoms with Crippen molar-refractivity contribution in [2.75, 3.05) is 18.2 Å². The van der Waals surface area contributed by atoms with Crippen LogP contribution in [0.25, 0.3) is 0 Å². The third kappa shape index (κ3) is 6.11. The number of benzene rings is 2. The van der Waals surface area contributed by atoms with E-state index in [0.29, 0.717) is 29.0 Å². The van der Waals surface area contributed by atoms with E-state index in [1.807, 2.05) is 54.8 Å². The van der Waals surface area contributed by atoms with E-state index in [2.05, 4.69) is 28.2 Å². The molecule has 0 aliphatic heterocycles. The number of nitrogens with zero attached hydrogens (tertiary/aromatic N) is 3. The number of hydrogen-bond acceptors (Lipinski definition) is 6. The van der Waals surface area contributed by atoms with E-state index >= 15 is 0 Å². The molecule has 0 aliphatic rings. The molecule has 0 atom stereocenters. The standard InChI is InChI=1S/C23H26N4O3S/c1-5-10-27-21(14-30-20-9-7-6-8-19(20)29-4)25-26-23(27)31-15-22(28)24-18-12-16(2)11-17(3)13-18/h5-9,11-13H,1,10,14-15H2,2-4H3,(H,24,28). The highest BCUT2D eigenvalue weighted by Crippen LogP contribution is 2.27. The second-order valence-electron chi connectivity index (χ2n) is 6.95. The van der Waals surface area contributed by atoms with Crippen LogP contribution in [0, 0.1) is 13.8 Å². The van der Waals surface area contributed by atoms with Gasteiger partial charge in [-0.05, 0) is 49.2 Å². The van der Waals surface area contributed by atoms with Crippen molar-refractivity contribution in [3.63, 3.8) is 0 Å². The van der Waals surface area contributed by atoms with Crippen LogP contribution in [0.4, 0.5) is 5.69 Å². The third-order valence-corrected chi connectivity index (χ3v) is 5.34. The van der Waals surface area contributed by atoms with Crippen molar-refractivity contribution < 1.29 is 14.3 Å². The third-order valence-electron chi connectivity index (χ3n) is 4.37. The van der Waals surface area contributed by atoms with E-state index in [9.17, 15) is 4.79 Å². The molecule has 1 N–H and O–H groups in total. The summed E-state index contributed by atoms with van der Waals surface area (Å²) in [6, 6.07) is 13.4. The second-order valence-corrected chi connectivity index (χ2v) is 7.89. The minimum Gasteiger partial charge on any atom is -0.493 e. The van der Waals surface area contributed by atoms with Gasteiger partial charge in [-0.2, -0.15) is 0 Å². The zero-order valence-electron chi connectivity index (χ0n) is 17.9. The first-order chi connectivity index (χ1) is 15.0. The van der Waals surface area contributed by atoms with Gasteiger partial charge in [-0.3, -0.25) is 9.36 Å². The van der Waals surface area contributed by atoms with Crippen molar-refractivity contribution >= 4 is 23.4 Å². The SMILES string of the molecule is C=CCn1c(COc2ccccc2OC)nnc1SCC(=O)Nc1cc(C)cc(C)c1. The van der Waals surface area contributed by atoms with E-state index in [1.54, 1.807) is 13.2 Å². The summed E-state index contributed by atoms with van der Waals surface area (Å²) in [7, 11) is 1.60. The Bertz CT molecular complexity index is 1040. The number of anilines is 1. The highest BCUT2D eigenvalue weighted by atomic mass is 32.2. The molecule has 8 heteroatoms. The van der Waals surface area contributed by atoms with Crippen LogP contribution in [-0.4, -0.2) is 33.5 Å². The minimum atomic E-state index is -0.102. The first-order valence-electron chi connectivity index (χ1n) is 9.80. The quantitative estimate of drug-likeness (QED) is 0.373. The van der Waals surface area contributed by atoms with Gasteiger partial charge < -0.3 is 14.8 Å². The van der Waals surface area contributed by atoms with Crippen molar-refractivity contribution in [2.45, 2.75) is 32.2 Å². The molecule has 0 unspecified atom stereocenters. The number of nitrogens with one attached hydrogen (secondary N) is 1. The number of allylic oxidation sites excluding steroid dienone is 1. The Kier molecular flexibility index (Phi) is 7.72. The topological polar surface area (TPSA) is 78.3 Å². The maximum absolute atomic E-state index is 12.4. The lowest BCUT2D eigenvalue weighted by Gasteiger charge is -2.11. The van der Waals surface area contributed by atoms with Crippen LogP contribution in [0.1, 0.15) is 17.0 Å². The molecule has 0 aliphatic carbocycles. The fourth-order valence-electron chi connectivity index (χ4n) is 3.10. The Morgan fingerprint density at radius 3 is 2.55 bits per heavy atom. The first-order valence-corrected chi connectivity index (χ1v) is 10.8. The molecule has 31 heavy (non-hydrogen) atoms. The zero-order chi connectivity index (χ0) is 22.2. The fourth-order valence-corrected chi connectivity index (χ4v) is 3.87. The van der Waals surface area contributed by atoms with Crippen molar-refractivity contribution in [1.29, 1.82) is 0 Å². The summed E-state index contributed by atoms with van der Waals surface area (Å²) in [5, 5.41) is 12.0. The molecule has 2 aromatic carbocycles. The normalized spacial score (nSPS) is 10.5. The van der Waals surface area contributed by atoms with Gasteiger partial charge in [0, 0.05) is 12.2 Å². The van der Waals surface area contributed by atoms with Gasteiger partial charge in [0.1, 0.15) is 6.61 Å². The Hall–Kier alpha value is -3.26. The maximum Gasteiger partial charge on any atom is 0.234 e. The van der Waals surface area contributed by atoms with Crippen molar-refractivity contribution in [3.8, 4) is 11.5 Å². The number of ether oxygens (including phenoxy) is 2. The lowest BCUT2D eigenvalue weighted by Crippen LogP contribution is -2.15. The Morgan fingerprint density at radius 2 is 1.87 bits per heavy atom. The molecule has 0 saturated carbocycles. The summed E-state index contributed by atoms with van der Waals surface area (Å²) < 4.78 is 13.1. The summed E-state index contributed by atoms with van der Waals surface area (Å²) in [6.07, 6.45) is 1.76. The van der Waals surface area contributed by atoms with E-state index in [-0.39, 0.29) is 18.3 Å². The molecule has 1 amide bonds. The summed E-state index contributed by atoms with van der Waals surface area (Å²) in [4.78, 5) is 12.4. The highest BCUT2D eigenvalue weighted by molar-refractivity contribution is 7.99. The second kappa shape index (κ2) is 10.7. The van der Waals surface area contributed by atoms with Gasteiger partial charge in [0.25, 0.3) is 0 Å². The monoisotopic (exact) mass is 438 g/mol. The Balaban J connectivity index is 1.64. The number of methoxy groups -OCH3 is 1. The predicted octanol–water partition coefficient (Wildman–Crippen LogP) is 4.40. The highest BCUT2D eigenvalue weighted by Gasteiger charge is 2.15. The van der Waals surface area contributed by atoms with Gasteiger partial charge in [-0.15, -0.1) is 16.8 Å². The van der Waals surface area contributed by atoms with Crippen LogP contribution in [0.15, 0.2) is 60.3 Å². The molecule has 162 valence electrons. The minimum absolute atomic E-state index is 0.102. The van der Waals surface area contributed by atoms with E-state index < -0.39 is 0 Å². The van der Waals surface area contributed by atoms with Crippen LogP contribution in [-0.2, 0) is 17.9 Å². The zero-order valence-corrected chi connectivity index (χ0v) is 18.7. The summed E-state index contributed by atoms with van der Waals surface area (Å²) >= 11 is 1.32. The van der Waals surface area contributed by atoms with Gasteiger partial charge in [0.2, 0.25) is 5.91 Å². The van der Waals surface area contributed by atoms with Gasteiger partial charge >= 0.3 is 0 Å². The average molecular weight is 439 g/mol. The molecule has 3 rings (SSSR count).